The number of aromatic hydroxyl groups is 1. The van der Waals surface area contributed by atoms with Crippen LogP contribution in [0.2, 0.25) is 0 Å². The van der Waals surface area contributed by atoms with Gasteiger partial charge >= 0.3 is 0 Å². The molecule has 0 radical (unpaired) electrons. The fourth-order valence-corrected chi connectivity index (χ4v) is 5.08. The lowest BCUT2D eigenvalue weighted by atomic mass is 9.95. The Morgan fingerprint density at radius 3 is 2.33 bits per heavy atom. The number of benzene rings is 2. The molecule has 0 saturated carbocycles. The van der Waals surface area contributed by atoms with E-state index in [2.05, 4.69) is 25.8 Å². The number of aryl methyl sites for hydroxylation is 2. The Hall–Kier alpha value is -4.49. The molecule has 0 bridgehead atoms. The first kappa shape index (κ1) is 35.0. The zero-order chi connectivity index (χ0) is 32.8. The molecule has 0 aliphatic rings. The highest BCUT2D eigenvalue weighted by Gasteiger charge is 2.29. The number of nitrogens with zero attached hydrogens (tertiary/aromatic N) is 3. The highest BCUT2D eigenvalue weighted by molar-refractivity contribution is 5.90. The standard InChI is InChI=1S/C32H47N9O4/c1-20-16-23(42)17-21(2)24(20)19-27(39-29(43)25(34)12-7-9-15-37-32(35)36)30(44)38-26(13-6-8-14-33)31-40-28(41-45-31)18-22-10-4-3-5-11-22/h3-5,10-11,16-17,25-27,42H,6-9,12-15,18-19,33-34H2,1-2H3,(H,38,44)(H,39,43)(H4,35,36,37)/t25-,26-,27-/m1/s1. The van der Waals surface area contributed by atoms with Crippen LogP contribution in [0.4, 0.5) is 0 Å². The van der Waals surface area contributed by atoms with Crippen LogP contribution < -0.4 is 33.6 Å². The van der Waals surface area contributed by atoms with Gasteiger partial charge in [0.15, 0.2) is 11.8 Å². The number of nitrogens with one attached hydrogen (secondary N) is 2. The van der Waals surface area contributed by atoms with Gasteiger partial charge in [0.1, 0.15) is 17.8 Å². The lowest BCUT2D eigenvalue weighted by Crippen LogP contribution is -2.53. The maximum atomic E-state index is 13.9. The predicted molar refractivity (Wildman–Crippen MR) is 173 cm³/mol. The van der Waals surface area contributed by atoms with Crippen LogP contribution in [0.15, 0.2) is 52.0 Å². The summed E-state index contributed by atoms with van der Waals surface area (Å²) < 4.78 is 5.61. The number of phenols is 1. The van der Waals surface area contributed by atoms with E-state index in [9.17, 15) is 14.7 Å². The smallest absolute Gasteiger partial charge is 0.249 e. The summed E-state index contributed by atoms with van der Waals surface area (Å²) in [5.74, 6) is 0.0553. The van der Waals surface area contributed by atoms with Gasteiger partial charge in [-0.2, -0.15) is 4.98 Å². The molecule has 1 heterocycles. The average molecular weight is 622 g/mol. The van der Waals surface area contributed by atoms with Crippen molar-refractivity contribution in [2.45, 2.75) is 83.3 Å². The number of aliphatic imine (C=N–C) groups is 1. The van der Waals surface area contributed by atoms with Crippen LogP contribution in [0.5, 0.6) is 5.75 Å². The third-order valence-electron chi connectivity index (χ3n) is 7.53. The number of hydrogen-bond donors (Lipinski definition) is 7. The van der Waals surface area contributed by atoms with Gasteiger partial charge in [0.05, 0.1) is 6.04 Å². The Morgan fingerprint density at radius 2 is 1.67 bits per heavy atom. The second-order valence-electron chi connectivity index (χ2n) is 11.3. The molecule has 13 heteroatoms. The fourth-order valence-electron chi connectivity index (χ4n) is 5.08. The number of carbonyl (C=O) groups is 2. The summed E-state index contributed by atoms with van der Waals surface area (Å²) in [5, 5.41) is 20.1. The van der Waals surface area contributed by atoms with E-state index >= 15 is 0 Å². The van der Waals surface area contributed by atoms with E-state index in [1.54, 1.807) is 12.1 Å². The van der Waals surface area contributed by atoms with Gasteiger partial charge in [-0.15, -0.1) is 0 Å². The first-order chi connectivity index (χ1) is 21.6. The first-order valence-corrected chi connectivity index (χ1v) is 15.3. The van der Waals surface area contributed by atoms with Gasteiger partial charge in [-0.25, -0.2) is 0 Å². The van der Waals surface area contributed by atoms with Crippen molar-refractivity contribution in [3.63, 3.8) is 0 Å². The molecule has 13 nitrogen and oxygen atoms in total. The minimum absolute atomic E-state index is 0.0139. The number of amides is 2. The number of phenolic OH excluding ortho intramolecular Hbond substituents is 1. The Labute approximate surface area is 264 Å². The van der Waals surface area contributed by atoms with Crippen LogP contribution >= 0.6 is 0 Å². The maximum absolute atomic E-state index is 13.9. The molecular formula is C32H47N9O4. The number of guanidine groups is 1. The quantitative estimate of drug-likeness (QED) is 0.0617. The van der Waals surface area contributed by atoms with Crippen LogP contribution in [0, 0.1) is 13.8 Å². The van der Waals surface area contributed by atoms with E-state index in [0.717, 1.165) is 35.1 Å². The van der Waals surface area contributed by atoms with Gasteiger partial charge < -0.3 is 43.2 Å². The molecule has 1 aromatic heterocycles. The highest BCUT2D eigenvalue weighted by Crippen LogP contribution is 2.24. The van der Waals surface area contributed by atoms with E-state index in [1.165, 1.54) is 0 Å². The van der Waals surface area contributed by atoms with Crippen LogP contribution in [0.3, 0.4) is 0 Å². The number of aromatic nitrogens is 2. The summed E-state index contributed by atoms with van der Waals surface area (Å²) >= 11 is 0. The Bertz CT molecular complexity index is 1380. The van der Waals surface area contributed by atoms with E-state index < -0.39 is 29.9 Å². The minimum atomic E-state index is -0.962. The number of hydrogen-bond acceptors (Lipinski definition) is 9. The molecule has 0 aliphatic carbocycles. The molecule has 3 atom stereocenters. The zero-order valence-corrected chi connectivity index (χ0v) is 26.2. The van der Waals surface area contributed by atoms with Gasteiger partial charge in [0, 0.05) is 19.4 Å². The normalized spacial score (nSPS) is 13.1. The average Bonchev–Trinajstić information content (AvgIpc) is 3.46. The van der Waals surface area contributed by atoms with Crippen molar-refractivity contribution in [2.75, 3.05) is 13.1 Å². The Kier molecular flexibility index (Phi) is 13.8. The van der Waals surface area contributed by atoms with E-state index in [-0.39, 0.29) is 24.0 Å². The summed E-state index contributed by atoms with van der Waals surface area (Å²) in [6.07, 6.45) is 4.34. The molecule has 3 aromatic rings. The largest absolute Gasteiger partial charge is 0.508 e. The molecule has 0 unspecified atom stereocenters. The molecule has 0 aliphatic heterocycles. The van der Waals surface area contributed by atoms with Crippen molar-refractivity contribution < 1.29 is 19.2 Å². The van der Waals surface area contributed by atoms with Crippen molar-refractivity contribution in [3.8, 4) is 5.75 Å². The second kappa shape index (κ2) is 17.7. The summed E-state index contributed by atoms with van der Waals surface area (Å²) in [6.45, 7) is 4.65. The molecule has 0 fully saturated rings. The fraction of sp³-hybridized carbons (Fsp3) is 0.469. The molecular weight excluding hydrogens is 574 g/mol. The summed E-state index contributed by atoms with van der Waals surface area (Å²) in [6, 6.07) is 10.6. The molecule has 0 spiro atoms. The zero-order valence-electron chi connectivity index (χ0n) is 26.2. The van der Waals surface area contributed by atoms with Gasteiger partial charge in [0.25, 0.3) is 0 Å². The lowest BCUT2D eigenvalue weighted by molar-refractivity contribution is -0.130. The van der Waals surface area contributed by atoms with Gasteiger partial charge in [0.2, 0.25) is 17.7 Å². The van der Waals surface area contributed by atoms with Crippen molar-refractivity contribution >= 4 is 17.8 Å². The molecule has 3 rings (SSSR count). The maximum Gasteiger partial charge on any atom is 0.249 e. The molecule has 244 valence electrons. The SMILES string of the molecule is Cc1cc(O)cc(C)c1C[C@@H](NC(=O)[C@H](N)CCCCN=C(N)N)C(=O)N[C@H](CCCCN)c1nc(Cc2ccccc2)no1. The van der Waals surface area contributed by atoms with E-state index in [1.807, 2.05) is 44.2 Å². The molecule has 0 saturated heterocycles. The third kappa shape index (κ3) is 11.5. The lowest BCUT2D eigenvalue weighted by Gasteiger charge is -2.24. The van der Waals surface area contributed by atoms with Crippen LogP contribution in [-0.2, 0) is 22.4 Å². The van der Waals surface area contributed by atoms with Crippen LogP contribution in [0.25, 0.3) is 0 Å². The third-order valence-corrected chi connectivity index (χ3v) is 7.53. The van der Waals surface area contributed by atoms with E-state index in [0.29, 0.717) is 51.0 Å². The van der Waals surface area contributed by atoms with Crippen molar-refractivity contribution in [3.05, 3.63) is 76.4 Å². The summed E-state index contributed by atoms with van der Waals surface area (Å²) in [5.41, 5.74) is 26.1. The number of nitrogens with two attached hydrogens (primary N) is 4. The Morgan fingerprint density at radius 1 is 0.978 bits per heavy atom. The predicted octanol–water partition coefficient (Wildman–Crippen LogP) is 1.77. The first-order valence-electron chi connectivity index (χ1n) is 15.3. The molecule has 2 aromatic carbocycles. The second-order valence-corrected chi connectivity index (χ2v) is 11.3. The molecule has 11 N–H and O–H groups in total. The van der Waals surface area contributed by atoms with Crippen molar-refractivity contribution in [2.24, 2.45) is 27.9 Å². The highest BCUT2D eigenvalue weighted by atomic mass is 16.5. The summed E-state index contributed by atoms with van der Waals surface area (Å²) in [4.78, 5) is 35.6. The van der Waals surface area contributed by atoms with Crippen LogP contribution in [-0.4, -0.2) is 58.2 Å². The number of rotatable bonds is 18. The monoisotopic (exact) mass is 621 g/mol. The topological polar surface area (TPSA) is 234 Å². The van der Waals surface area contributed by atoms with Crippen LogP contribution in [0.1, 0.15) is 78.5 Å². The van der Waals surface area contributed by atoms with Crippen molar-refractivity contribution in [1.29, 1.82) is 0 Å². The number of unbranched alkanes of at least 4 members (excludes halogenated alkanes) is 2. The summed E-state index contributed by atoms with van der Waals surface area (Å²) in [7, 11) is 0. The number of carbonyl (C=O) groups excluding carboxylic acids is 2. The van der Waals surface area contributed by atoms with Gasteiger partial charge in [-0.1, -0.05) is 35.5 Å². The van der Waals surface area contributed by atoms with E-state index in [4.69, 9.17) is 27.5 Å². The Balaban J connectivity index is 1.79. The minimum Gasteiger partial charge on any atom is -0.508 e. The molecule has 45 heavy (non-hydrogen) atoms. The molecule has 2 amide bonds. The van der Waals surface area contributed by atoms with Gasteiger partial charge in [-0.05, 0) is 93.3 Å². The van der Waals surface area contributed by atoms with Crippen molar-refractivity contribution in [1.82, 2.24) is 20.8 Å². The van der Waals surface area contributed by atoms with Gasteiger partial charge in [-0.3, -0.25) is 14.6 Å².